The molecule has 1 aliphatic rings. The van der Waals surface area contributed by atoms with Gasteiger partial charge in [-0.05, 0) is 35.2 Å². The lowest BCUT2D eigenvalue weighted by Crippen LogP contribution is -2.10. The first-order chi connectivity index (χ1) is 12.6. The van der Waals surface area contributed by atoms with Crippen LogP contribution in [0, 0.1) is 5.41 Å². The third-order valence-corrected chi connectivity index (χ3v) is 4.78. The van der Waals surface area contributed by atoms with E-state index in [1.54, 1.807) is 13.0 Å². The summed E-state index contributed by atoms with van der Waals surface area (Å²) in [6.07, 6.45) is 0.210. The molecule has 0 spiro atoms. The molecule has 3 heteroatoms. The van der Waals surface area contributed by atoms with Gasteiger partial charge in [0.05, 0.1) is 0 Å². The maximum Gasteiger partial charge on any atom is 0.195 e. The van der Waals surface area contributed by atoms with Crippen molar-refractivity contribution in [3.05, 3.63) is 94.5 Å². The lowest BCUT2D eigenvalue weighted by atomic mass is 9.94. The second-order valence-corrected chi connectivity index (χ2v) is 6.53. The van der Waals surface area contributed by atoms with E-state index in [9.17, 15) is 9.59 Å². The second kappa shape index (κ2) is 6.19. The molecule has 3 aromatic rings. The molecule has 26 heavy (non-hydrogen) atoms. The lowest BCUT2D eigenvalue weighted by Gasteiger charge is -2.08. The number of Topliss-reactive ketones (excluding diaryl/α,β-unsaturated/α-hetero) is 1. The summed E-state index contributed by atoms with van der Waals surface area (Å²) < 4.78 is 0. The van der Waals surface area contributed by atoms with Crippen LogP contribution in [0.3, 0.4) is 0 Å². The molecular weight excluding hydrogens is 322 g/mol. The van der Waals surface area contributed by atoms with Crippen molar-refractivity contribution >= 4 is 17.3 Å². The Labute approximate surface area is 151 Å². The van der Waals surface area contributed by atoms with Crippen LogP contribution in [0.2, 0.25) is 0 Å². The fraction of sp³-hybridized carbons (Fsp3) is 0.0870. The molecule has 0 unspecified atom stereocenters. The van der Waals surface area contributed by atoms with Crippen LogP contribution in [0.15, 0.2) is 66.7 Å². The highest BCUT2D eigenvalue weighted by Crippen LogP contribution is 2.38. The molecule has 0 atom stereocenters. The molecule has 0 saturated heterocycles. The average Bonchev–Trinajstić information content (AvgIpc) is 2.95. The van der Waals surface area contributed by atoms with E-state index in [0.29, 0.717) is 22.4 Å². The van der Waals surface area contributed by atoms with Crippen LogP contribution in [0.5, 0.6) is 0 Å². The topological polar surface area (TPSA) is 58.0 Å². The van der Waals surface area contributed by atoms with Gasteiger partial charge in [0.1, 0.15) is 0 Å². The number of nitrogens with one attached hydrogen (secondary N) is 1. The van der Waals surface area contributed by atoms with Gasteiger partial charge in [0.2, 0.25) is 0 Å². The number of fused-ring (bicyclic) bond motifs is 3. The summed E-state index contributed by atoms with van der Waals surface area (Å²) >= 11 is 0. The van der Waals surface area contributed by atoms with Crippen LogP contribution in [0.4, 0.5) is 0 Å². The van der Waals surface area contributed by atoms with Crippen molar-refractivity contribution < 1.29 is 9.59 Å². The summed E-state index contributed by atoms with van der Waals surface area (Å²) in [5.74, 6) is -0.161. The fourth-order valence-electron chi connectivity index (χ4n) is 3.50. The van der Waals surface area contributed by atoms with Crippen LogP contribution in [0.1, 0.15) is 44.3 Å². The molecule has 0 fully saturated rings. The van der Waals surface area contributed by atoms with E-state index in [1.807, 2.05) is 60.7 Å². The van der Waals surface area contributed by atoms with Crippen molar-refractivity contribution in [2.24, 2.45) is 0 Å². The number of ketones is 2. The van der Waals surface area contributed by atoms with E-state index < -0.39 is 0 Å². The Morgan fingerprint density at radius 2 is 1.58 bits per heavy atom. The molecule has 4 rings (SSSR count). The smallest absolute Gasteiger partial charge is 0.195 e. The number of carbonyl (C=O) groups excluding carboxylic acids is 2. The van der Waals surface area contributed by atoms with Gasteiger partial charge in [-0.1, -0.05) is 60.7 Å². The summed E-state index contributed by atoms with van der Waals surface area (Å²) in [7, 11) is 0. The number of benzene rings is 3. The zero-order valence-corrected chi connectivity index (χ0v) is 14.4. The molecule has 0 aliphatic heterocycles. The largest absolute Gasteiger partial charge is 0.305 e. The first-order valence-electron chi connectivity index (χ1n) is 8.51. The standard InChI is InChI=1S/C23H17NO2/c1-14(24)16-7-4-6-15(12-16)13-21(25)20-11-5-10-18-17-8-2-3-9-19(17)23(26)22(18)20/h2-12,24H,13H2,1H3. The molecule has 0 amide bonds. The van der Waals surface area contributed by atoms with Crippen LogP contribution in [0.25, 0.3) is 11.1 Å². The zero-order chi connectivity index (χ0) is 18.3. The lowest BCUT2D eigenvalue weighted by molar-refractivity contribution is 0.0977. The predicted octanol–water partition coefficient (Wildman–Crippen LogP) is 4.71. The average molecular weight is 339 g/mol. The molecule has 0 radical (unpaired) electrons. The van der Waals surface area contributed by atoms with E-state index in [-0.39, 0.29) is 18.0 Å². The maximum atomic E-state index is 12.9. The first-order valence-corrected chi connectivity index (χ1v) is 8.51. The van der Waals surface area contributed by atoms with Gasteiger partial charge in [-0.15, -0.1) is 0 Å². The van der Waals surface area contributed by atoms with E-state index in [1.165, 1.54) is 0 Å². The van der Waals surface area contributed by atoms with Crippen LogP contribution < -0.4 is 0 Å². The van der Waals surface area contributed by atoms with Gasteiger partial charge in [0, 0.05) is 28.8 Å². The van der Waals surface area contributed by atoms with Crippen molar-refractivity contribution in [1.29, 1.82) is 5.41 Å². The summed E-state index contributed by atoms with van der Waals surface area (Å²) in [5, 5.41) is 7.75. The van der Waals surface area contributed by atoms with E-state index in [4.69, 9.17) is 5.41 Å². The molecule has 126 valence electrons. The Morgan fingerprint density at radius 3 is 2.35 bits per heavy atom. The number of carbonyl (C=O) groups is 2. The molecule has 1 aliphatic carbocycles. The van der Waals surface area contributed by atoms with Crippen LogP contribution >= 0.6 is 0 Å². The van der Waals surface area contributed by atoms with Gasteiger partial charge in [-0.25, -0.2) is 0 Å². The van der Waals surface area contributed by atoms with Crippen molar-refractivity contribution in [2.75, 3.05) is 0 Å². The van der Waals surface area contributed by atoms with Crippen molar-refractivity contribution in [3.8, 4) is 11.1 Å². The fourth-order valence-corrected chi connectivity index (χ4v) is 3.50. The highest BCUT2D eigenvalue weighted by molar-refractivity contribution is 6.26. The van der Waals surface area contributed by atoms with Crippen LogP contribution in [-0.4, -0.2) is 17.3 Å². The molecule has 0 saturated carbocycles. The summed E-state index contributed by atoms with van der Waals surface area (Å²) in [6, 6.07) is 20.4. The Morgan fingerprint density at radius 1 is 0.885 bits per heavy atom. The summed E-state index contributed by atoms with van der Waals surface area (Å²) in [4.78, 5) is 25.8. The molecular formula is C23H17NO2. The minimum atomic E-state index is -0.0808. The zero-order valence-electron chi connectivity index (χ0n) is 14.4. The first kappa shape index (κ1) is 16.2. The summed E-state index contributed by atoms with van der Waals surface area (Å²) in [6.45, 7) is 1.72. The number of hydrogen-bond donors (Lipinski definition) is 1. The van der Waals surface area contributed by atoms with Crippen LogP contribution in [-0.2, 0) is 6.42 Å². The van der Waals surface area contributed by atoms with E-state index >= 15 is 0 Å². The van der Waals surface area contributed by atoms with E-state index in [0.717, 1.165) is 22.3 Å². The molecule has 0 aromatic heterocycles. The predicted molar refractivity (Wildman–Crippen MR) is 102 cm³/mol. The highest BCUT2D eigenvalue weighted by atomic mass is 16.1. The van der Waals surface area contributed by atoms with Gasteiger partial charge in [-0.3, -0.25) is 9.59 Å². The third kappa shape index (κ3) is 2.58. The number of hydrogen-bond acceptors (Lipinski definition) is 3. The third-order valence-electron chi connectivity index (χ3n) is 4.78. The minimum Gasteiger partial charge on any atom is -0.305 e. The van der Waals surface area contributed by atoms with Gasteiger partial charge < -0.3 is 5.41 Å². The molecule has 0 heterocycles. The molecule has 0 bridgehead atoms. The Balaban J connectivity index is 1.72. The van der Waals surface area contributed by atoms with Gasteiger partial charge in [0.15, 0.2) is 11.6 Å². The molecule has 3 nitrogen and oxygen atoms in total. The molecule has 1 N–H and O–H groups in total. The normalized spacial score (nSPS) is 11.8. The SMILES string of the molecule is CC(=N)c1cccc(CC(=O)c2cccc3c2C(=O)c2ccccc2-3)c1. The highest BCUT2D eigenvalue weighted by Gasteiger charge is 2.30. The van der Waals surface area contributed by atoms with E-state index in [2.05, 4.69) is 0 Å². The quantitative estimate of drug-likeness (QED) is 0.432. The van der Waals surface area contributed by atoms with Gasteiger partial charge in [-0.2, -0.15) is 0 Å². The Kier molecular flexibility index (Phi) is 3.85. The maximum absolute atomic E-state index is 12.9. The second-order valence-electron chi connectivity index (χ2n) is 6.53. The summed E-state index contributed by atoms with van der Waals surface area (Å²) in [5.41, 5.74) is 5.48. The Hall–Kier alpha value is -3.33. The minimum absolute atomic E-state index is 0.0800. The van der Waals surface area contributed by atoms with Crippen molar-refractivity contribution in [1.82, 2.24) is 0 Å². The Bertz CT molecular complexity index is 1080. The molecule has 3 aromatic carbocycles. The number of rotatable bonds is 4. The van der Waals surface area contributed by atoms with Gasteiger partial charge in [0.25, 0.3) is 0 Å². The van der Waals surface area contributed by atoms with Crippen molar-refractivity contribution in [2.45, 2.75) is 13.3 Å². The monoisotopic (exact) mass is 339 g/mol. The van der Waals surface area contributed by atoms with Gasteiger partial charge >= 0.3 is 0 Å². The van der Waals surface area contributed by atoms with Crippen molar-refractivity contribution in [3.63, 3.8) is 0 Å².